The minimum absolute atomic E-state index is 0.0201. The van der Waals surface area contributed by atoms with Crippen molar-refractivity contribution in [3.63, 3.8) is 0 Å². The highest BCUT2D eigenvalue weighted by molar-refractivity contribution is 7.57. The Labute approximate surface area is 338 Å². The van der Waals surface area contributed by atoms with Gasteiger partial charge in [-0.25, -0.2) is 10.5 Å². The fraction of sp³-hybridized carbons (Fsp3) is 0.590. The standard InChI is InChI=1S/C39H58N7O11P/c1-23(2)13-31(43-39(54)33-16-29(19-46(33)25(4)48)57-45-36(51)12-11-26-9-7-6-8-10-26)34(49)15-27(14-28-18-41-22-42-28)38(53)44-32(20-47)35(50)17-30(37(40)52)24(3)21-58(5,55)56/h6-10,18,22-24,27,29-33,47H,11-17,19-21H2,1-5H3,(H2,40,52)(H,41,42)(H,43,54)(H,44,53)(H,45,51)(H,55,56)/t24-,27+,29+,30-,31-,32-,33-/m0/s1. The molecule has 1 aromatic heterocycles. The number of aromatic amines is 1. The summed E-state index contributed by atoms with van der Waals surface area (Å²) in [6.45, 7) is 6.80. The van der Waals surface area contributed by atoms with Gasteiger partial charge in [-0.15, -0.1) is 0 Å². The first-order valence-corrected chi connectivity index (χ1v) is 21.7. The molecule has 0 saturated carbocycles. The number of amides is 5. The summed E-state index contributed by atoms with van der Waals surface area (Å²) >= 11 is 0. The Morgan fingerprint density at radius 1 is 1.03 bits per heavy atom. The monoisotopic (exact) mass is 831 g/mol. The lowest BCUT2D eigenvalue weighted by atomic mass is 9.87. The number of H-pyrrole nitrogens is 1. The number of hydroxylamine groups is 1. The molecule has 1 fully saturated rings. The highest BCUT2D eigenvalue weighted by atomic mass is 31.2. The van der Waals surface area contributed by atoms with Gasteiger partial charge in [-0.2, -0.15) is 0 Å². The molecule has 320 valence electrons. The van der Waals surface area contributed by atoms with E-state index in [2.05, 4.69) is 26.1 Å². The van der Waals surface area contributed by atoms with Crippen molar-refractivity contribution in [2.75, 3.05) is 26.0 Å². The molecule has 0 bridgehead atoms. The van der Waals surface area contributed by atoms with E-state index in [4.69, 9.17) is 10.6 Å². The van der Waals surface area contributed by atoms with E-state index < -0.39 is 104 Å². The van der Waals surface area contributed by atoms with Crippen molar-refractivity contribution in [1.82, 2.24) is 31.0 Å². The lowest BCUT2D eigenvalue weighted by Crippen LogP contribution is -2.52. The lowest BCUT2D eigenvalue weighted by Gasteiger charge is -2.27. The number of imidazole rings is 1. The number of aromatic nitrogens is 2. The van der Waals surface area contributed by atoms with Crippen LogP contribution in [0.5, 0.6) is 0 Å². The van der Waals surface area contributed by atoms with Crippen molar-refractivity contribution in [3.8, 4) is 0 Å². The predicted octanol–water partition coefficient (Wildman–Crippen LogP) is 0.803. The van der Waals surface area contributed by atoms with Gasteiger partial charge in [-0.05, 0) is 30.2 Å². The van der Waals surface area contributed by atoms with Gasteiger partial charge < -0.3 is 36.3 Å². The van der Waals surface area contributed by atoms with E-state index in [9.17, 15) is 48.1 Å². The van der Waals surface area contributed by atoms with Crippen molar-refractivity contribution >= 4 is 48.5 Å². The number of nitrogens with two attached hydrogens (primary N) is 1. The second kappa shape index (κ2) is 22.4. The molecule has 8 atom stereocenters. The molecule has 2 aromatic rings. The molecular weight excluding hydrogens is 773 g/mol. The molecule has 1 unspecified atom stereocenters. The molecule has 5 amide bonds. The van der Waals surface area contributed by atoms with Crippen LogP contribution in [-0.2, 0) is 55.8 Å². The van der Waals surface area contributed by atoms with E-state index in [1.165, 1.54) is 31.3 Å². The number of rotatable bonds is 24. The van der Waals surface area contributed by atoms with Gasteiger partial charge in [0.2, 0.25) is 29.5 Å². The SMILES string of the molecule is CC(=O)N1C[C@H](ONC(=O)CCc2ccccc2)C[C@H]1C(=O)N[C@@H](CC(C)C)C(=O)C[C@@H](Cc1cnc[nH]1)C(=O)N[C@@H](CO)C(=O)C[C@H](C(N)=O)[C@@H](C)CP(C)(=O)O. The van der Waals surface area contributed by atoms with Crippen LogP contribution in [0.1, 0.15) is 71.1 Å². The maximum atomic E-state index is 14.0. The second-order valence-corrected chi connectivity index (χ2v) is 18.1. The number of likely N-dealkylation sites (tertiary alicyclic amines) is 1. The van der Waals surface area contributed by atoms with E-state index >= 15 is 0 Å². The third-order valence-electron chi connectivity index (χ3n) is 10.0. The number of aliphatic hydroxyl groups excluding tert-OH is 1. The van der Waals surface area contributed by atoms with Crippen LogP contribution in [0.25, 0.3) is 0 Å². The Kier molecular flexibility index (Phi) is 18.4. The molecule has 2 heterocycles. The number of hydrogen-bond acceptors (Lipinski definition) is 11. The topological polar surface area (TPSA) is 280 Å². The van der Waals surface area contributed by atoms with E-state index in [0.29, 0.717) is 12.1 Å². The zero-order chi connectivity index (χ0) is 43.2. The van der Waals surface area contributed by atoms with E-state index in [-0.39, 0.29) is 50.2 Å². The number of ketones is 2. The van der Waals surface area contributed by atoms with Crippen molar-refractivity contribution in [1.29, 1.82) is 0 Å². The van der Waals surface area contributed by atoms with Gasteiger partial charge >= 0.3 is 0 Å². The average Bonchev–Trinajstić information content (AvgIpc) is 3.83. The molecule has 8 N–H and O–H groups in total. The quantitative estimate of drug-likeness (QED) is 0.0572. The third kappa shape index (κ3) is 15.5. The summed E-state index contributed by atoms with van der Waals surface area (Å²) in [6.07, 6.45) is 1.81. The highest BCUT2D eigenvalue weighted by Gasteiger charge is 2.41. The molecule has 1 aliphatic heterocycles. The summed E-state index contributed by atoms with van der Waals surface area (Å²) in [4.78, 5) is 116. The molecule has 18 nitrogen and oxygen atoms in total. The maximum absolute atomic E-state index is 14.0. The van der Waals surface area contributed by atoms with Crippen LogP contribution < -0.4 is 21.8 Å². The number of carbonyl (C=O) groups excluding carboxylic acids is 7. The van der Waals surface area contributed by atoms with Gasteiger partial charge in [0.05, 0.1) is 31.4 Å². The number of nitrogens with zero attached hydrogens (tertiary/aromatic N) is 2. The van der Waals surface area contributed by atoms with Crippen molar-refractivity contribution in [2.24, 2.45) is 29.4 Å². The minimum atomic E-state index is -3.57. The Balaban J connectivity index is 1.71. The van der Waals surface area contributed by atoms with Crippen LogP contribution in [0.2, 0.25) is 0 Å². The Bertz CT molecular complexity index is 1770. The zero-order valence-corrected chi connectivity index (χ0v) is 34.6. The fourth-order valence-electron chi connectivity index (χ4n) is 7.02. The van der Waals surface area contributed by atoms with E-state index in [1.807, 2.05) is 44.2 Å². The lowest BCUT2D eigenvalue weighted by molar-refractivity contribution is -0.139. The zero-order valence-electron chi connectivity index (χ0n) is 33.7. The van der Waals surface area contributed by atoms with Crippen molar-refractivity contribution in [2.45, 2.75) is 96.9 Å². The van der Waals surface area contributed by atoms with Gasteiger partial charge in [-0.1, -0.05) is 51.1 Å². The van der Waals surface area contributed by atoms with Crippen LogP contribution in [0.15, 0.2) is 42.9 Å². The summed E-state index contributed by atoms with van der Waals surface area (Å²) in [5, 5.41) is 15.4. The second-order valence-electron chi connectivity index (χ2n) is 15.6. The largest absolute Gasteiger partial charge is 0.394 e. The number of carbonyl (C=O) groups is 7. The summed E-state index contributed by atoms with van der Waals surface area (Å²) < 4.78 is 12.0. The molecule has 19 heteroatoms. The van der Waals surface area contributed by atoms with Crippen LogP contribution in [0.3, 0.4) is 0 Å². The molecule has 1 aromatic carbocycles. The van der Waals surface area contributed by atoms with E-state index in [0.717, 1.165) is 12.2 Å². The number of aliphatic hydroxyl groups is 1. The fourth-order valence-corrected chi connectivity index (χ4v) is 8.34. The van der Waals surface area contributed by atoms with Crippen LogP contribution in [0.4, 0.5) is 0 Å². The first kappa shape index (κ1) is 47.6. The third-order valence-corrected chi connectivity index (χ3v) is 11.3. The summed E-state index contributed by atoms with van der Waals surface area (Å²) in [7, 11) is -3.57. The predicted molar refractivity (Wildman–Crippen MR) is 211 cm³/mol. The molecule has 0 radical (unpaired) electrons. The first-order chi connectivity index (χ1) is 27.3. The average molecular weight is 832 g/mol. The maximum Gasteiger partial charge on any atom is 0.243 e. The number of hydrogen-bond donors (Lipinski definition) is 7. The van der Waals surface area contributed by atoms with Gasteiger partial charge in [0.25, 0.3) is 0 Å². The molecule has 0 spiro atoms. The van der Waals surface area contributed by atoms with Crippen molar-refractivity contribution < 1.29 is 53.0 Å². The smallest absolute Gasteiger partial charge is 0.243 e. The molecule has 3 rings (SSSR count). The van der Waals surface area contributed by atoms with Crippen LogP contribution >= 0.6 is 7.37 Å². The van der Waals surface area contributed by atoms with Crippen molar-refractivity contribution in [3.05, 3.63) is 54.1 Å². The molecule has 1 saturated heterocycles. The summed E-state index contributed by atoms with van der Waals surface area (Å²) in [5.74, 6) is -7.40. The van der Waals surface area contributed by atoms with Crippen LogP contribution in [-0.4, -0.2) is 116 Å². The normalized spacial score (nSPS) is 18.9. The Morgan fingerprint density at radius 3 is 2.28 bits per heavy atom. The Hall–Kier alpha value is -4.77. The van der Waals surface area contributed by atoms with Gasteiger partial charge in [0.1, 0.15) is 18.2 Å². The number of nitrogens with one attached hydrogen (secondary N) is 4. The number of aryl methyl sites for hydroxylation is 1. The number of primary amides is 1. The van der Waals surface area contributed by atoms with Gasteiger partial charge in [0, 0.05) is 69.7 Å². The minimum Gasteiger partial charge on any atom is -0.394 e. The number of benzene rings is 1. The highest BCUT2D eigenvalue weighted by Crippen LogP contribution is 2.40. The van der Waals surface area contributed by atoms with Gasteiger partial charge in [-0.3, -0.25) is 43.0 Å². The number of Topliss-reactive ketones (excluding diaryl/α,β-unsaturated/α-hetero) is 2. The van der Waals surface area contributed by atoms with Crippen LogP contribution in [0, 0.1) is 23.7 Å². The Morgan fingerprint density at radius 2 is 1.71 bits per heavy atom. The summed E-state index contributed by atoms with van der Waals surface area (Å²) in [6, 6.07) is 5.86. The molecule has 1 aliphatic rings. The first-order valence-electron chi connectivity index (χ1n) is 19.4. The molecular formula is C39H58N7O11P. The molecule has 58 heavy (non-hydrogen) atoms. The van der Waals surface area contributed by atoms with Gasteiger partial charge in [0.15, 0.2) is 18.9 Å². The molecule has 0 aliphatic carbocycles. The van der Waals surface area contributed by atoms with E-state index in [1.54, 1.807) is 0 Å². The summed E-state index contributed by atoms with van der Waals surface area (Å²) in [5.41, 5.74) is 9.40.